The second-order valence-electron chi connectivity index (χ2n) is 5.74. The van der Waals surface area contributed by atoms with Gasteiger partial charge in [-0.3, -0.25) is 4.68 Å². The van der Waals surface area contributed by atoms with Crippen LogP contribution in [0.3, 0.4) is 0 Å². The monoisotopic (exact) mass is 358 g/mol. The van der Waals surface area contributed by atoms with Crippen LogP contribution in [0.4, 0.5) is 13.2 Å². The minimum absolute atomic E-state index is 0.259. The highest BCUT2D eigenvalue weighted by molar-refractivity contribution is 5.72. The van der Waals surface area contributed by atoms with Crippen LogP contribution < -0.4 is 4.74 Å². The highest BCUT2D eigenvalue weighted by Gasteiger charge is 2.32. The maximum atomic E-state index is 12.7. The van der Waals surface area contributed by atoms with Crippen molar-refractivity contribution in [2.75, 3.05) is 0 Å². The van der Waals surface area contributed by atoms with Crippen LogP contribution in [0, 0.1) is 0 Å². The molecule has 0 aliphatic carbocycles. The van der Waals surface area contributed by atoms with Crippen molar-refractivity contribution < 1.29 is 17.9 Å². The van der Waals surface area contributed by atoms with Crippen molar-refractivity contribution in [2.45, 2.75) is 19.3 Å². The highest BCUT2D eigenvalue weighted by Crippen LogP contribution is 2.34. The quantitative estimate of drug-likeness (QED) is 0.595. The Morgan fingerprint density at radius 1 is 1.12 bits per heavy atom. The second kappa shape index (κ2) is 7.47. The molecule has 0 aliphatic rings. The molecule has 3 aromatic rings. The van der Waals surface area contributed by atoms with Crippen LogP contribution in [0.15, 0.2) is 67.5 Å². The fourth-order valence-electron chi connectivity index (χ4n) is 2.63. The van der Waals surface area contributed by atoms with E-state index < -0.39 is 6.36 Å². The van der Waals surface area contributed by atoms with Gasteiger partial charge >= 0.3 is 6.36 Å². The molecule has 1 aromatic heterocycles. The molecule has 0 atom stereocenters. The van der Waals surface area contributed by atoms with Gasteiger partial charge in [0.05, 0.1) is 6.20 Å². The molecule has 0 amide bonds. The van der Waals surface area contributed by atoms with Gasteiger partial charge in [-0.05, 0) is 29.7 Å². The number of hydrogen-bond donors (Lipinski definition) is 0. The Kier molecular flexibility index (Phi) is 5.11. The lowest BCUT2D eigenvalue weighted by atomic mass is 10.0. The maximum absolute atomic E-state index is 12.7. The largest absolute Gasteiger partial charge is 0.573 e. The molecule has 0 radical (unpaired) electrons. The van der Waals surface area contributed by atoms with Crippen LogP contribution in [-0.2, 0) is 13.0 Å². The summed E-state index contributed by atoms with van der Waals surface area (Å²) < 4.78 is 43.9. The number of aromatic nitrogens is 2. The molecule has 0 saturated heterocycles. The lowest BCUT2D eigenvalue weighted by Gasteiger charge is -2.13. The molecule has 0 fully saturated rings. The molecule has 6 heteroatoms. The number of hydrogen-bond acceptors (Lipinski definition) is 2. The Bertz CT molecular complexity index is 886. The third-order valence-corrected chi connectivity index (χ3v) is 3.88. The average molecular weight is 358 g/mol. The maximum Gasteiger partial charge on any atom is 0.573 e. The molecule has 26 heavy (non-hydrogen) atoms. The summed E-state index contributed by atoms with van der Waals surface area (Å²) in [6.45, 7) is 4.28. The first-order chi connectivity index (χ1) is 12.4. The van der Waals surface area contributed by atoms with E-state index in [4.69, 9.17) is 0 Å². The van der Waals surface area contributed by atoms with Crippen LogP contribution >= 0.6 is 0 Å². The molecule has 0 unspecified atom stereocenters. The first-order valence-corrected chi connectivity index (χ1v) is 8.03. The van der Waals surface area contributed by atoms with Crippen molar-refractivity contribution in [1.82, 2.24) is 9.78 Å². The number of nitrogens with zero attached hydrogens (tertiary/aromatic N) is 2. The number of rotatable bonds is 6. The molecule has 3 nitrogen and oxygen atoms in total. The first kappa shape index (κ1) is 17.8. The molecule has 2 aromatic carbocycles. The minimum Gasteiger partial charge on any atom is -0.405 e. The number of alkyl halides is 3. The van der Waals surface area contributed by atoms with Gasteiger partial charge in [-0.15, -0.1) is 13.2 Å². The number of halogens is 3. The van der Waals surface area contributed by atoms with Crippen LogP contribution in [0.2, 0.25) is 0 Å². The summed E-state index contributed by atoms with van der Waals surface area (Å²) >= 11 is 0. The van der Waals surface area contributed by atoms with Gasteiger partial charge < -0.3 is 4.74 Å². The molecule has 0 aliphatic heterocycles. The van der Waals surface area contributed by atoms with E-state index in [0.29, 0.717) is 23.2 Å². The Morgan fingerprint density at radius 2 is 1.88 bits per heavy atom. The van der Waals surface area contributed by atoms with Gasteiger partial charge in [0, 0.05) is 23.9 Å². The zero-order valence-electron chi connectivity index (χ0n) is 13.9. The number of ether oxygens (including phenoxy) is 1. The van der Waals surface area contributed by atoms with Crippen molar-refractivity contribution in [1.29, 1.82) is 0 Å². The fraction of sp³-hybridized carbons (Fsp3) is 0.150. The summed E-state index contributed by atoms with van der Waals surface area (Å²) in [7, 11) is 0. The van der Waals surface area contributed by atoms with Crippen LogP contribution in [0.5, 0.6) is 5.75 Å². The Labute approximate surface area is 149 Å². The fourth-order valence-corrected chi connectivity index (χ4v) is 2.63. The van der Waals surface area contributed by atoms with Crippen molar-refractivity contribution in [2.24, 2.45) is 0 Å². The average Bonchev–Trinajstić information content (AvgIpc) is 3.09. The lowest BCUT2D eigenvalue weighted by Crippen LogP contribution is -2.17. The van der Waals surface area contributed by atoms with Gasteiger partial charge in [0.1, 0.15) is 5.75 Å². The Hall–Kier alpha value is -3.02. The van der Waals surface area contributed by atoms with Gasteiger partial charge in [-0.1, -0.05) is 49.1 Å². The Balaban J connectivity index is 1.84. The topological polar surface area (TPSA) is 27.1 Å². The van der Waals surface area contributed by atoms with E-state index >= 15 is 0 Å². The summed E-state index contributed by atoms with van der Waals surface area (Å²) in [4.78, 5) is 0. The Morgan fingerprint density at radius 3 is 2.58 bits per heavy atom. The highest BCUT2D eigenvalue weighted by atomic mass is 19.4. The zero-order chi connectivity index (χ0) is 18.6. The van der Waals surface area contributed by atoms with E-state index in [-0.39, 0.29) is 5.75 Å². The van der Waals surface area contributed by atoms with Gasteiger partial charge in [-0.25, -0.2) is 0 Å². The van der Waals surface area contributed by atoms with E-state index in [1.54, 1.807) is 23.0 Å². The standard InChI is InChI=1S/C20H17F3N2O/c1-2-15-8-9-19(26-20(21,22)23)18(12-15)17-13-24-25(14-17)11-10-16-6-4-3-5-7-16/h2-9,12-14H,1,10-11H2. The van der Waals surface area contributed by atoms with E-state index in [1.165, 1.54) is 23.9 Å². The second-order valence-corrected chi connectivity index (χ2v) is 5.74. The number of aryl methyl sites for hydroxylation is 2. The molecule has 0 N–H and O–H groups in total. The predicted octanol–water partition coefficient (Wildman–Crippen LogP) is 5.33. The van der Waals surface area contributed by atoms with E-state index in [2.05, 4.69) is 16.4 Å². The molecule has 0 saturated carbocycles. The zero-order valence-corrected chi connectivity index (χ0v) is 13.9. The summed E-state index contributed by atoms with van der Waals surface area (Å²) in [5, 5.41) is 4.25. The van der Waals surface area contributed by atoms with Crippen molar-refractivity contribution in [3.63, 3.8) is 0 Å². The lowest BCUT2D eigenvalue weighted by molar-refractivity contribution is -0.274. The smallest absolute Gasteiger partial charge is 0.405 e. The van der Waals surface area contributed by atoms with Crippen LogP contribution in [0.25, 0.3) is 17.2 Å². The van der Waals surface area contributed by atoms with Gasteiger partial charge in [-0.2, -0.15) is 5.10 Å². The van der Waals surface area contributed by atoms with Crippen LogP contribution in [0.1, 0.15) is 11.1 Å². The van der Waals surface area contributed by atoms with E-state index in [9.17, 15) is 13.2 Å². The predicted molar refractivity (Wildman–Crippen MR) is 94.6 cm³/mol. The minimum atomic E-state index is -4.76. The normalized spacial score (nSPS) is 11.3. The van der Waals surface area contributed by atoms with Crippen molar-refractivity contribution >= 4 is 6.08 Å². The number of benzene rings is 2. The van der Waals surface area contributed by atoms with Gasteiger partial charge in [0.15, 0.2) is 0 Å². The first-order valence-electron chi connectivity index (χ1n) is 8.03. The van der Waals surface area contributed by atoms with E-state index in [0.717, 1.165) is 6.42 Å². The molecular formula is C20H17F3N2O. The summed E-state index contributed by atoms with van der Waals surface area (Å²) in [5.41, 5.74) is 2.75. The third kappa shape index (κ3) is 4.53. The van der Waals surface area contributed by atoms with Gasteiger partial charge in [0.25, 0.3) is 0 Å². The summed E-state index contributed by atoms with van der Waals surface area (Å²) in [5.74, 6) is -0.259. The molecule has 134 valence electrons. The summed E-state index contributed by atoms with van der Waals surface area (Å²) in [6.07, 6.45) is 0.847. The molecule has 1 heterocycles. The summed E-state index contributed by atoms with van der Waals surface area (Å²) in [6, 6.07) is 14.3. The third-order valence-electron chi connectivity index (χ3n) is 3.88. The van der Waals surface area contributed by atoms with Crippen molar-refractivity contribution in [3.8, 4) is 16.9 Å². The van der Waals surface area contributed by atoms with Crippen LogP contribution in [-0.4, -0.2) is 16.1 Å². The van der Waals surface area contributed by atoms with E-state index in [1.807, 2.05) is 30.3 Å². The van der Waals surface area contributed by atoms with Gasteiger partial charge in [0.2, 0.25) is 0 Å². The molecule has 0 spiro atoms. The SMILES string of the molecule is C=Cc1ccc(OC(F)(F)F)c(-c2cnn(CCc3ccccc3)c2)c1. The molecular weight excluding hydrogens is 341 g/mol. The van der Waals surface area contributed by atoms with Crippen molar-refractivity contribution in [3.05, 3.63) is 78.6 Å². The molecule has 3 rings (SSSR count). The molecule has 0 bridgehead atoms.